The van der Waals surface area contributed by atoms with Gasteiger partial charge in [-0.25, -0.2) is 0 Å². The van der Waals surface area contributed by atoms with Crippen molar-refractivity contribution >= 4 is 29.0 Å². The summed E-state index contributed by atoms with van der Waals surface area (Å²) in [5.41, 5.74) is 0. The van der Waals surface area contributed by atoms with Crippen molar-refractivity contribution in [2.45, 2.75) is 30.9 Å². The lowest BCUT2D eigenvalue weighted by molar-refractivity contribution is 0.0954. The van der Waals surface area contributed by atoms with E-state index in [4.69, 9.17) is 5.11 Å². The van der Waals surface area contributed by atoms with Gasteiger partial charge in [0.2, 0.25) is 0 Å². The Morgan fingerprint density at radius 2 is 2.40 bits per heavy atom. The highest BCUT2D eigenvalue weighted by Gasteiger charge is 2.29. The molecular formula is C15H19NO2S2. The third-order valence-electron chi connectivity index (χ3n) is 3.20. The number of nitrogens with one attached hydrogen (secondary N) is 1. The molecule has 5 heteroatoms. The second-order valence-corrected chi connectivity index (χ2v) is 7.79. The quantitative estimate of drug-likeness (QED) is 0.840. The summed E-state index contributed by atoms with van der Waals surface area (Å²) in [6, 6.07) is 3.67. The van der Waals surface area contributed by atoms with E-state index in [1.54, 1.807) is 0 Å². The zero-order chi connectivity index (χ0) is 14.4. The largest absolute Gasteiger partial charge is 0.395 e. The van der Waals surface area contributed by atoms with Crippen LogP contribution in [0.1, 0.15) is 40.7 Å². The van der Waals surface area contributed by atoms with E-state index in [-0.39, 0.29) is 17.3 Å². The molecule has 1 aromatic heterocycles. The zero-order valence-electron chi connectivity index (χ0n) is 11.6. The Hall–Kier alpha value is -0.960. The molecule has 108 valence electrons. The highest BCUT2D eigenvalue weighted by atomic mass is 32.2. The Balaban J connectivity index is 1.88. The van der Waals surface area contributed by atoms with Gasteiger partial charge in [0, 0.05) is 17.7 Å². The van der Waals surface area contributed by atoms with E-state index in [0.717, 1.165) is 11.4 Å². The molecule has 0 aliphatic carbocycles. The van der Waals surface area contributed by atoms with E-state index in [0.29, 0.717) is 11.3 Å². The molecule has 3 nitrogen and oxygen atoms in total. The fourth-order valence-electron chi connectivity index (χ4n) is 2.06. The van der Waals surface area contributed by atoms with E-state index in [1.165, 1.54) is 29.9 Å². The van der Waals surface area contributed by atoms with Crippen LogP contribution in [0.2, 0.25) is 0 Å². The molecule has 2 heterocycles. The standard InChI is InChI=1S/C15H19NO2S2/c1-15(8-4-10-19-15)11-16-14(18)13-7-6-12(20-13)5-2-3-9-17/h6-7,17H,3-4,8-11H2,1H3,(H,16,18). The summed E-state index contributed by atoms with van der Waals surface area (Å²) in [4.78, 5) is 13.7. The molecule has 0 aromatic carbocycles. The van der Waals surface area contributed by atoms with Crippen molar-refractivity contribution in [1.29, 1.82) is 0 Å². The summed E-state index contributed by atoms with van der Waals surface area (Å²) in [5.74, 6) is 6.99. The molecule has 2 N–H and O–H groups in total. The first-order chi connectivity index (χ1) is 9.63. The molecule has 1 aromatic rings. The Kier molecular flexibility index (Phi) is 5.53. The highest BCUT2D eigenvalue weighted by molar-refractivity contribution is 8.00. The molecule has 0 saturated carbocycles. The van der Waals surface area contributed by atoms with Crippen molar-refractivity contribution in [2.24, 2.45) is 0 Å². The van der Waals surface area contributed by atoms with Gasteiger partial charge in [0.1, 0.15) is 0 Å². The van der Waals surface area contributed by atoms with Crippen molar-refractivity contribution in [1.82, 2.24) is 5.32 Å². The third-order valence-corrected chi connectivity index (χ3v) is 5.74. The predicted molar refractivity (Wildman–Crippen MR) is 85.3 cm³/mol. The van der Waals surface area contributed by atoms with Gasteiger partial charge < -0.3 is 10.4 Å². The van der Waals surface area contributed by atoms with Crippen LogP contribution in [0.3, 0.4) is 0 Å². The third kappa shape index (κ3) is 4.27. The number of thiophene rings is 1. The van der Waals surface area contributed by atoms with Crippen LogP contribution in [-0.4, -0.2) is 34.7 Å². The van der Waals surface area contributed by atoms with Crippen molar-refractivity contribution in [2.75, 3.05) is 18.9 Å². The summed E-state index contributed by atoms with van der Waals surface area (Å²) in [7, 11) is 0. The first kappa shape index (κ1) is 15.4. The Morgan fingerprint density at radius 1 is 1.55 bits per heavy atom. The van der Waals surface area contributed by atoms with E-state index in [9.17, 15) is 4.79 Å². The summed E-state index contributed by atoms with van der Waals surface area (Å²) < 4.78 is 0.191. The predicted octanol–water partition coefficient (Wildman–Crippen LogP) is 2.50. The summed E-state index contributed by atoms with van der Waals surface area (Å²) in [6.45, 7) is 3.01. The smallest absolute Gasteiger partial charge is 0.261 e. The van der Waals surface area contributed by atoms with Gasteiger partial charge in [0.15, 0.2) is 0 Å². The van der Waals surface area contributed by atoms with Crippen molar-refractivity contribution in [3.05, 3.63) is 21.9 Å². The van der Waals surface area contributed by atoms with E-state index in [2.05, 4.69) is 24.1 Å². The first-order valence-electron chi connectivity index (χ1n) is 6.75. The monoisotopic (exact) mass is 309 g/mol. The number of thioether (sulfide) groups is 1. The normalized spacial score (nSPS) is 21.3. The number of aliphatic hydroxyl groups is 1. The number of carbonyl (C=O) groups is 1. The number of hydrogen-bond donors (Lipinski definition) is 2. The van der Waals surface area contributed by atoms with Crippen LogP contribution in [0, 0.1) is 11.8 Å². The van der Waals surface area contributed by atoms with Crippen LogP contribution in [-0.2, 0) is 0 Å². The van der Waals surface area contributed by atoms with E-state index < -0.39 is 0 Å². The molecule has 1 amide bonds. The Morgan fingerprint density at radius 3 is 3.10 bits per heavy atom. The van der Waals surface area contributed by atoms with Gasteiger partial charge in [-0.1, -0.05) is 11.8 Å². The maximum Gasteiger partial charge on any atom is 0.261 e. The average molecular weight is 309 g/mol. The summed E-state index contributed by atoms with van der Waals surface area (Å²) >= 11 is 3.34. The molecule has 2 rings (SSSR count). The second kappa shape index (κ2) is 7.16. The van der Waals surface area contributed by atoms with E-state index >= 15 is 0 Å². The molecule has 1 saturated heterocycles. The van der Waals surface area contributed by atoms with Crippen LogP contribution in [0.4, 0.5) is 0 Å². The first-order valence-corrected chi connectivity index (χ1v) is 8.55. The maximum atomic E-state index is 12.1. The average Bonchev–Trinajstić information content (AvgIpc) is 3.06. The van der Waals surface area contributed by atoms with Gasteiger partial charge in [0.25, 0.3) is 5.91 Å². The van der Waals surface area contributed by atoms with Crippen LogP contribution >= 0.6 is 23.1 Å². The molecule has 20 heavy (non-hydrogen) atoms. The number of aliphatic hydroxyl groups excluding tert-OH is 1. The molecule has 0 radical (unpaired) electrons. The lowest BCUT2D eigenvalue weighted by Gasteiger charge is -2.22. The number of rotatable bonds is 4. The van der Waals surface area contributed by atoms with Crippen LogP contribution in [0.25, 0.3) is 0 Å². The minimum absolute atomic E-state index is 0.0149. The van der Waals surface area contributed by atoms with Gasteiger partial charge in [-0.2, -0.15) is 11.8 Å². The maximum absolute atomic E-state index is 12.1. The van der Waals surface area contributed by atoms with Gasteiger partial charge in [-0.05, 0) is 37.7 Å². The Labute approximate surface area is 128 Å². The van der Waals surface area contributed by atoms with Gasteiger partial charge in [0.05, 0.1) is 16.4 Å². The summed E-state index contributed by atoms with van der Waals surface area (Å²) in [6.07, 6.45) is 2.87. The van der Waals surface area contributed by atoms with Crippen molar-refractivity contribution in [3.63, 3.8) is 0 Å². The Bertz CT molecular complexity index is 521. The lowest BCUT2D eigenvalue weighted by Crippen LogP contribution is -2.36. The highest BCUT2D eigenvalue weighted by Crippen LogP contribution is 2.37. The molecule has 0 spiro atoms. The van der Waals surface area contributed by atoms with Gasteiger partial charge in [-0.3, -0.25) is 4.79 Å². The second-order valence-electron chi connectivity index (χ2n) is 5.02. The van der Waals surface area contributed by atoms with Crippen molar-refractivity contribution in [3.8, 4) is 11.8 Å². The number of amides is 1. The van der Waals surface area contributed by atoms with Crippen LogP contribution < -0.4 is 5.32 Å². The number of hydrogen-bond acceptors (Lipinski definition) is 4. The molecule has 1 atom stereocenters. The topological polar surface area (TPSA) is 49.3 Å². The van der Waals surface area contributed by atoms with Crippen molar-refractivity contribution < 1.29 is 9.90 Å². The molecule has 1 aliphatic heterocycles. The van der Waals surface area contributed by atoms with Gasteiger partial charge in [-0.15, -0.1) is 11.3 Å². The van der Waals surface area contributed by atoms with Crippen LogP contribution in [0.15, 0.2) is 12.1 Å². The fraction of sp³-hybridized carbons (Fsp3) is 0.533. The van der Waals surface area contributed by atoms with Gasteiger partial charge >= 0.3 is 0 Å². The summed E-state index contributed by atoms with van der Waals surface area (Å²) in [5, 5.41) is 11.7. The molecular weight excluding hydrogens is 290 g/mol. The number of carbonyl (C=O) groups excluding carboxylic acids is 1. The lowest BCUT2D eigenvalue weighted by atomic mass is 10.1. The molecule has 0 bridgehead atoms. The van der Waals surface area contributed by atoms with Crippen LogP contribution in [0.5, 0.6) is 0 Å². The molecule has 1 fully saturated rings. The minimum Gasteiger partial charge on any atom is -0.395 e. The molecule has 1 unspecified atom stereocenters. The molecule has 1 aliphatic rings. The SMILES string of the molecule is CC1(CNC(=O)c2ccc(C#CCCO)s2)CCCS1. The zero-order valence-corrected chi connectivity index (χ0v) is 13.2. The minimum atomic E-state index is -0.0149. The van der Waals surface area contributed by atoms with E-state index in [1.807, 2.05) is 23.9 Å². The fourth-order valence-corrected chi connectivity index (χ4v) is 4.10.